The van der Waals surface area contributed by atoms with Crippen LogP contribution in [0.3, 0.4) is 0 Å². The van der Waals surface area contributed by atoms with E-state index >= 15 is 0 Å². The zero-order valence-electron chi connectivity index (χ0n) is 8.24. The van der Waals surface area contributed by atoms with Gasteiger partial charge in [0.1, 0.15) is 0 Å². The van der Waals surface area contributed by atoms with Crippen LogP contribution in [-0.2, 0) is 0 Å². The van der Waals surface area contributed by atoms with Gasteiger partial charge < -0.3 is 0 Å². The van der Waals surface area contributed by atoms with Crippen molar-refractivity contribution in [3.8, 4) is 0 Å². The molecule has 1 heterocycles. The Hall–Kier alpha value is -0.640. The van der Waals surface area contributed by atoms with Crippen molar-refractivity contribution in [2.45, 2.75) is 45.0 Å². The molecule has 0 bridgehead atoms. The average molecular weight is 203 g/mol. The molecule has 0 amide bonds. The molecular weight excluding hydrogens is 188 g/mol. The first kappa shape index (κ1) is 10.4. The lowest BCUT2D eigenvalue weighted by atomic mass is 10.2. The number of hydrogen-bond donors (Lipinski definition) is 0. The van der Waals surface area contributed by atoms with Gasteiger partial charge in [0.05, 0.1) is 11.4 Å². The Balaban J connectivity index is 2.91. The van der Waals surface area contributed by atoms with Crippen LogP contribution in [0.4, 0.5) is 0 Å². The van der Waals surface area contributed by atoms with Gasteiger partial charge in [0.2, 0.25) is 0 Å². The van der Waals surface area contributed by atoms with E-state index in [0.29, 0.717) is 6.04 Å². The Labute approximate surface area is 83.3 Å². The van der Waals surface area contributed by atoms with Crippen LogP contribution in [0, 0.1) is 0 Å². The molecule has 1 unspecified atom stereocenters. The van der Waals surface area contributed by atoms with Crippen molar-refractivity contribution in [3.05, 3.63) is 5.82 Å². The molecule has 0 fully saturated rings. The van der Waals surface area contributed by atoms with Gasteiger partial charge >= 0.3 is 0 Å². The molecule has 0 saturated heterocycles. The summed E-state index contributed by atoms with van der Waals surface area (Å²) in [5.74, 6) is 0.760. The third-order valence-corrected chi connectivity index (χ3v) is 2.36. The minimum atomic E-state index is -0.129. The summed E-state index contributed by atoms with van der Waals surface area (Å²) >= 11 is 5.94. The summed E-state index contributed by atoms with van der Waals surface area (Å²) in [5.41, 5.74) is 0. The highest BCUT2D eigenvalue weighted by Gasteiger charge is 2.16. The Morgan fingerprint density at radius 3 is 2.46 bits per heavy atom. The average Bonchev–Trinajstić information content (AvgIpc) is 2.55. The zero-order chi connectivity index (χ0) is 9.84. The van der Waals surface area contributed by atoms with Gasteiger partial charge in [-0.05, 0) is 30.2 Å². The van der Waals surface area contributed by atoms with Crippen LogP contribution in [0.2, 0.25) is 0 Å². The van der Waals surface area contributed by atoms with Gasteiger partial charge in [-0.25, -0.2) is 4.68 Å². The molecule has 0 aliphatic carbocycles. The maximum absolute atomic E-state index is 5.94. The molecule has 0 aromatic carbocycles. The Morgan fingerprint density at radius 1 is 1.38 bits per heavy atom. The van der Waals surface area contributed by atoms with Crippen molar-refractivity contribution in [2.24, 2.45) is 0 Å². The smallest absolute Gasteiger partial charge is 0.169 e. The lowest BCUT2D eigenvalue weighted by Crippen LogP contribution is -2.13. The lowest BCUT2D eigenvalue weighted by Gasteiger charge is -2.14. The van der Waals surface area contributed by atoms with Crippen LogP contribution < -0.4 is 0 Å². The maximum Gasteiger partial charge on any atom is 0.169 e. The van der Waals surface area contributed by atoms with E-state index in [2.05, 4.69) is 29.4 Å². The molecule has 1 atom stereocenters. The number of alkyl halides is 1. The Kier molecular flexibility index (Phi) is 3.66. The molecule has 4 nitrogen and oxygen atoms in total. The normalized spacial score (nSPS) is 13.6. The zero-order valence-corrected chi connectivity index (χ0v) is 8.99. The highest BCUT2D eigenvalue weighted by molar-refractivity contribution is 6.20. The minimum absolute atomic E-state index is 0.129. The highest BCUT2D eigenvalue weighted by Crippen LogP contribution is 2.21. The van der Waals surface area contributed by atoms with Gasteiger partial charge in [-0.2, -0.15) is 0 Å². The predicted octanol–water partition coefficient (Wildman–Crippen LogP) is 2.33. The molecule has 13 heavy (non-hydrogen) atoms. The third kappa shape index (κ3) is 2.18. The standard InChI is InChI=1S/C8H15ClN4/c1-4-7(5-2)13-8(6(3)9)10-11-12-13/h6-7H,4-5H2,1-3H3. The molecule has 0 N–H and O–H groups in total. The first-order valence-electron chi connectivity index (χ1n) is 4.62. The van der Waals surface area contributed by atoms with E-state index in [-0.39, 0.29) is 5.38 Å². The molecular formula is C8H15ClN4. The van der Waals surface area contributed by atoms with Gasteiger partial charge in [0.15, 0.2) is 5.82 Å². The Morgan fingerprint density at radius 2 is 2.00 bits per heavy atom. The van der Waals surface area contributed by atoms with E-state index in [1.807, 2.05) is 11.6 Å². The molecule has 74 valence electrons. The van der Waals surface area contributed by atoms with Gasteiger partial charge in [0.25, 0.3) is 0 Å². The van der Waals surface area contributed by atoms with Crippen LogP contribution in [0.25, 0.3) is 0 Å². The molecule has 0 spiro atoms. The summed E-state index contributed by atoms with van der Waals surface area (Å²) in [7, 11) is 0. The fraction of sp³-hybridized carbons (Fsp3) is 0.875. The van der Waals surface area contributed by atoms with E-state index in [9.17, 15) is 0 Å². The van der Waals surface area contributed by atoms with Crippen molar-refractivity contribution in [3.63, 3.8) is 0 Å². The quantitative estimate of drug-likeness (QED) is 0.704. The summed E-state index contributed by atoms with van der Waals surface area (Å²) in [6.45, 7) is 6.13. The summed E-state index contributed by atoms with van der Waals surface area (Å²) in [5, 5.41) is 11.4. The lowest BCUT2D eigenvalue weighted by molar-refractivity contribution is 0.404. The van der Waals surface area contributed by atoms with E-state index in [0.717, 1.165) is 18.7 Å². The Bertz CT molecular complexity index is 254. The second-order valence-corrected chi connectivity index (χ2v) is 3.72. The van der Waals surface area contributed by atoms with Crippen LogP contribution in [-0.4, -0.2) is 20.2 Å². The van der Waals surface area contributed by atoms with Crippen molar-refractivity contribution in [2.75, 3.05) is 0 Å². The predicted molar refractivity (Wildman–Crippen MR) is 51.7 cm³/mol. The van der Waals surface area contributed by atoms with Crippen LogP contribution in [0.15, 0.2) is 0 Å². The van der Waals surface area contributed by atoms with Crippen molar-refractivity contribution < 1.29 is 0 Å². The molecule has 1 aromatic rings. The highest BCUT2D eigenvalue weighted by atomic mass is 35.5. The number of tetrazole rings is 1. The molecule has 0 aliphatic heterocycles. The maximum atomic E-state index is 5.94. The van der Waals surface area contributed by atoms with Gasteiger partial charge in [0, 0.05) is 0 Å². The van der Waals surface area contributed by atoms with E-state index in [4.69, 9.17) is 11.6 Å². The van der Waals surface area contributed by atoms with E-state index in [1.165, 1.54) is 0 Å². The van der Waals surface area contributed by atoms with Crippen molar-refractivity contribution in [1.29, 1.82) is 0 Å². The SMILES string of the molecule is CCC(CC)n1nnnc1C(C)Cl. The summed E-state index contributed by atoms with van der Waals surface area (Å²) in [6, 6.07) is 0.367. The van der Waals surface area contributed by atoms with Crippen LogP contribution in [0.5, 0.6) is 0 Å². The molecule has 1 aromatic heterocycles. The van der Waals surface area contributed by atoms with Gasteiger partial charge in [-0.1, -0.05) is 13.8 Å². The van der Waals surface area contributed by atoms with Crippen LogP contribution >= 0.6 is 11.6 Å². The van der Waals surface area contributed by atoms with Gasteiger partial charge in [-0.3, -0.25) is 0 Å². The second-order valence-electron chi connectivity index (χ2n) is 3.07. The van der Waals surface area contributed by atoms with Crippen molar-refractivity contribution >= 4 is 11.6 Å². The second kappa shape index (κ2) is 4.56. The largest absolute Gasteiger partial charge is 0.225 e. The summed E-state index contributed by atoms with van der Waals surface area (Å²) in [4.78, 5) is 0. The first-order chi connectivity index (χ1) is 6.20. The fourth-order valence-electron chi connectivity index (χ4n) is 1.36. The first-order valence-corrected chi connectivity index (χ1v) is 5.06. The number of rotatable bonds is 4. The summed E-state index contributed by atoms with van der Waals surface area (Å²) in [6.07, 6.45) is 2.05. The number of nitrogens with zero attached hydrogens (tertiary/aromatic N) is 4. The molecule has 5 heteroatoms. The monoisotopic (exact) mass is 202 g/mol. The van der Waals surface area contributed by atoms with Crippen LogP contribution in [0.1, 0.15) is 50.9 Å². The molecule has 0 aliphatic rings. The third-order valence-electron chi connectivity index (χ3n) is 2.16. The van der Waals surface area contributed by atoms with E-state index < -0.39 is 0 Å². The molecule has 1 rings (SSSR count). The fourth-order valence-corrected chi connectivity index (χ4v) is 1.50. The van der Waals surface area contributed by atoms with Gasteiger partial charge in [-0.15, -0.1) is 16.7 Å². The molecule has 0 radical (unpaired) electrons. The van der Waals surface area contributed by atoms with E-state index in [1.54, 1.807) is 0 Å². The number of halogens is 1. The number of hydrogen-bond acceptors (Lipinski definition) is 3. The van der Waals surface area contributed by atoms with Crippen molar-refractivity contribution in [1.82, 2.24) is 20.2 Å². The number of aromatic nitrogens is 4. The minimum Gasteiger partial charge on any atom is -0.225 e. The summed E-state index contributed by atoms with van der Waals surface area (Å²) < 4.78 is 1.83. The topological polar surface area (TPSA) is 43.6 Å². The molecule has 0 saturated carbocycles.